The number of methoxy groups -OCH3 is 2. The van der Waals surface area contributed by atoms with Crippen LogP contribution in [0.4, 0.5) is 5.69 Å². The fourth-order valence-corrected chi connectivity index (χ4v) is 4.89. The molecule has 4 aromatic rings. The van der Waals surface area contributed by atoms with Gasteiger partial charge in [-0.1, -0.05) is 34.5 Å². The van der Waals surface area contributed by atoms with Crippen LogP contribution in [-0.4, -0.2) is 29.5 Å². The van der Waals surface area contributed by atoms with Crippen molar-refractivity contribution in [3.05, 3.63) is 59.6 Å². The Kier molecular flexibility index (Phi) is 5.46. The van der Waals surface area contributed by atoms with Crippen LogP contribution in [0.2, 0.25) is 10.0 Å². The quantitative estimate of drug-likeness (QED) is 0.393. The van der Waals surface area contributed by atoms with Crippen LogP contribution in [0.3, 0.4) is 0 Å². The minimum Gasteiger partial charge on any atom is -0.493 e. The van der Waals surface area contributed by atoms with Gasteiger partial charge in [-0.05, 0) is 36.5 Å². The number of thiazole rings is 1. The molecule has 0 saturated heterocycles. The van der Waals surface area contributed by atoms with Gasteiger partial charge in [0.15, 0.2) is 15.5 Å². The Morgan fingerprint density at radius 2 is 1.73 bits per heavy atom. The molecule has 0 atom stereocenters. The number of hydrogen-bond acceptors (Lipinski definition) is 6. The van der Waals surface area contributed by atoms with Crippen LogP contribution < -0.4 is 20.3 Å². The van der Waals surface area contributed by atoms with E-state index in [1.807, 2.05) is 0 Å². The number of nitrogens with zero attached hydrogens (tertiary/aromatic N) is 1. The van der Waals surface area contributed by atoms with Gasteiger partial charge in [-0.25, -0.2) is 0 Å². The molecule has 0 fully saturated rings. The van der Waals surface area contributed by atoms with E-state index >= 15 is 0 Å². The first-order valence-electron chi connectivity index (χ1n) is 8.43. The van der Waals surface area contributed by atoms with Crippen molar-refractivity contribution in [1.29, 1.82) is 0 Å². The van der Waals surface area contributed by atoms with Crippen molar-refractivity contribution in [3.8, 4) is 11.5 Å². The van der Waals surface area contributed by atoms with Crippen molar-refractivity contribution in [2.75, 3.05) is 19.5 Å². The summed E-state index contributed by atoms with van der Waals surface area (Å²) in [6, 6.07) is 7.91. The van der Waals surface area contributed by atoms with E-state index in [1.165, 1.54) is 14.2 Å². The van der Waals surface area contributed by atoms with Gasteiger partial charge in [0, 0.05) is 21.8 Å². The molecule has 4 rings (SSSR count). The third-order valence-electron chi connectivity index (χ3n) is 4.36. The number of aromatic amines is 1. The molecule has 154 valence electrons. The van der Waals surface area contributed by atoms with Crippen molar-refractivity contribution >= 4 is 74.9 Å². The second-order valence-electron chi connectivity index (χ2n) is 6.17. The molecule has 0 spiro atoms. The minimum atomic E-state index is -0.456. The lowest BCUT2D eigenvalue weighted by molar-refractivity contribution is 0.103. The number of nitrogens with one attached hydrogen (secondary N) is 2. The number of benzene rings is 2. The third kappa shape index (κ3) is 3.54. The number of hydrogen-bond donors (Lipinski definition) is 2. The normalized spacial score (nSPS) is 11.1. The van der Waals surface area contributed by atoms with E-state index in [2.05, 4.69) is 10.3 Å². The highest BCUT2D eigenvalue weighted by molar-refractivity contribution is 7.73. The zero-order chi connectivity index (χ0) is 21.6. The van der Waals surface area contributed by atoms with E-state index in [-0.39, 0.29) is 10.5 Å². The lowest BCUT2D eigenvalue weighted by Gasteiger charge is -2.10. The summed E-state index contributed by atoms with van der Waals surface area (Å²) in [5, 5.41) is 3.84. The summed E-state index contributed by atoms with van der Waals surface area (Å²) in [4.78, 5) is 28.6. The number of carbonyl (C=O) groups excluding carboxylic acids is 1. The van der Waals surface area contributed by atoms with Crippen LogP contribution in [0.25, 0.3) is 16.6 Å². The second kappa shape index (κ2) is 7.92. The van der Waals surface area contributed by atoms with Crippen LogP contribution in [0.1, 0.15) is 9.67 Å². The molecule has 2 aromatic heterocycles. The maximum atomic E-state index is 12.9. The van der Waals surface area contributed by atoms with Crippen molar-refractivity contribution in [2.45, 2.75) is 0 Å². The summed E-state index contributed by atoms with van der Waals surface area (Å²) in [7, 11) is 2.98. The lowest BCUT2D eigenvalue weighted by atomic mass is 10.2. The number of H-pyrrole nitrogens is 1. The molecule has 0 aliphatic rings. The number of fused-ring (bicyclic) bond motifs is 3. The average Bonchev–Trinajstić information content (AvgIpc) is 3.02. The van der Waals surface area contributed by atoms with Gasteiger partial charge in [0.1, 0.15) is 10.5 Å². The highest BCUT2D eigenvalue weighted by Crippen LogP contribution is 2.33. The SMILES string of the molecule is COc1cc2c(=O)[nH]c3c(C(=O)Nc4cc(Cl)cc(Cl)c4)sc(=S)n3c2cc1OC. The lowest BCUT2D eigenvalue weighted by Crippen LogP contribution is -2.15. The molecule has 30 heavy (non-hydrogen) atoms. The molecule has 2 aromatic carbocycles. The third-order valence-corrected chi connectivity index (χ3v) is 6.17. The van der Waals surface area contributed by atoms with Crippen LogP contribution in [-0.2, 0) is 0 Å². The molecule has 11 heteroatoms. The second-order valence-corrected chi connectivity index (χ2v) is 8.69. The number of carbonyl (C=O) groups is 1. The first-order chi connectivity index (χ1) is 14.3. The van der Waals surface area contributed by atoms with Crippen molar-refractivity contribution in [3.63, 3.8) is 0 Å². The number of aromatic nitrogens is 2. The zero-order valence-corrected chi connectivity index (χ0v) is 18.7. The Labute approximate surface area is 188 Å². The highest BCUT2D eigenvalue weighted by atomic mass is 35.5. The van der Waals surface area contributed by atoms with Crippen LogP contribution >= 0.6 is 46.8 Å². The molecule has 2 heterocycles. The Morgan fingerprint density at radius 3 is 2.37 bits per heavy atom. The standard InChI is InChI=1S/C19H13Cl2N3O4S2/c1-27-13-6-11-12(7-14(13)28-2)24-16(23-17(11)25)15(30-19(24)29)18(26)22-10-4-8(20)3-9(21)5-10/h3-7H,1-2H3,(H,22,26)(H,23,25). The van der Waals surface area contributed by atoms with Gasteiger partial charge in [-0.15, -0.1) is 0 Å². The molecule has 1 amide bonds. The molecular weight excluding hydrogens is 469 g/mol. The number of amides is 1. The van der Waals surface area contributed by atoms with E-state index in [0.717, 1.165) is 11.3 Å². The fourth-order valence-electron chi connectivity index (χ4n) is 3.08. The Bertz CT molecular complexity index is 1420. The Morgan fingerprint density at radius 1 is 1.10 bits per heavy atom. The molecule has 7 nitrogen and oxygen atoms in total. The fraction of sp³-hybridized carbons (Fsp3) is 0.105. The van der Waals surface area contributed by atoms with Gasteiger partial charge in [-0.2, -0.15) is 0 Å². The molecule has 0 aliphatic heterocycles. The number of anilines is 1. The van der Waals surface area contributed by atoms with Crippen LogP contribution in [0, 0.1) is 3.95 Å². The molecule has 2 N–H and O–H groups in total. The van der Waals surface area contributed by atoms with Gasteiger partial charge in [-0.3, -0.25) is 14.0 Å². The van der Waals surface area contributed by atoms with Gasteiger partial charge in [0.25, 0.3) is 11.5 Å². The summed E-state index contributed by atoms with van der Waals surface area (Å²) >= 11 is 18.5. The molecule has 0 aliphatic carbocycles. The summed E-state index contributed by atoms with van der Waals surface area (Å²) in [6.07, 6.45) is 0. The Balaban J connectivity index is 1.91. The van der Waals surface area contributed by atoms with Crippen molar-refractivity contribution in [1.82, 2.24) is 9.38 Å². The van der Waals surface area contributed by atoms with Crippen molar-refractivity contribution in [2.24, 2.45) is 0 Å². The first kappa shape index (κ1) is 20.7. The molecular formula is C19H13Cl2N3O4S2. The van der Waals surface area contributed by atoms with Crippen LogP contribution in [0.5, 0.6) is 11.5 Å². The largest absolute Gasteiger partial charge is 0.493 e. The first-order valence-corrected chi connectivity index (χ1v) is 10.4. The van der Waals surface area contributed by atoms with E-state index in [1.54, 1.807) is 34.7 Å². The van der Waals surface area contributed by atoms with Crippen molar-refractivity contribution < 1.29 is 14.3 Å². The van der Waals surface area contributed by atoms with Gasteiger partial charge < -0.3 is 19.8 Å². The predicted octanol–water partition coefficient (Wildman–Crippen LogP) is 5.15. The van der Waals surface area contributed by atoms with E-state index < -0.39 is 11.5 Å². The van der Waals surface area contributed by atoms with Gasteiger partial charge in [0.2, 0.25) is 0 Å². The highest BCUT2D eigenvalue weighted by Gasteiger charge is 2.20. The smallest absolute Gasteiger partial charge is 0.269 e. The maximum Gasteiger partial charge on any atom is 0.269 e. The van der Waals surface area contributed by atoms with Gasteiger partial charge >= 0.3 is 0 Å². The maximum absolute atomic E-state index is 12.9. The van der Waals surface area contributed by atoms with Crippen LogP contribution in [0.15, 0.2) is 35.1 Å². The summed E-state index contributed by atoms with van der Waals surface area (Å²) < 4.78 is 12.6. The Hall–Kier alpha value is -2.59. The predicted molar refractivity (Wildman–Crippen MR) is 122 cm³/mol. The molecule has 0 saturated carbocycles. The topological polar surface area (TPSA) is 84.8 Å². The molecule has 0 unspecified atom stereocenters. The summed E-state index contributed by atoms with van der Waals surface area (Å²) in [6.45, 7) is 0. The van der Waals surface area contributed by atoms with E-state index in [4.69, 9.17) is 44.9 Å². The summed E-state index contributed by atoms with van der Waals surface area (Å²) in [5.41, 5.74) is 0.806. The number of ether oxygens (including phenoxy) is 2. The van der Waals surface area contributed by atoms with E-state index in [9.17, 15) is 9.59 Å². The monoisotopic (exact) mass is 481 g/mol. The number of halogens is 2. The molecule has 0 bridgehead atoms. The van der Waals surface area contributed by atoms with E-state index in [0.29, 0.717) is 42.1 Å². The zero-order valence-electron chi connectivity index (χ0n) is 15.5. The minimum absolute atomic E-state index is 0.241. The average molecular weight is 482 g/mol. The molecule has 0 radical (unpaired) electrons. The van der Waals surface area contributed by atoms with Gasteiger partial charge in [0.05, 0.1) is 25.1 Å². The summed E-state index contributed by atoms with van der Waals surface area (Å²) in [5.74, 6) is 0.388. The number of rotatable bonds is 4.